The maximum absolute atomic E-state index is 11.5. The van der Waals surface area contributed by atoms with Crippen LogP contribution in [0, 0.1) is 11.3 Å². The highest BCUT2D eigenvalue weighted by molar-refractivity contribution is 5.88. The molecule has 2 rings (SSSR count). The fourth-order valence-electron chi connectivity index (χ4n) is 1.91. The monoisotopic (exact) mass is 170 g/mol. The lowest BCUT2D eigenvalue weighted by molar-refractivity contribution is -0.136. The largest absolute Gasteiger partial charge is 0.296 e. The van der Waals surface area contributed by atoms with Crippen molar-refractivity contribution in [2.24, 2.45) is 11.3 Å². The van der Waals surface area contributed by atoms with Crippen molar-refractivity contribution in [2.45, 2.75) is 39.4 Å². The molecular weight excluding hydrogens is 156 g/mol. The van der Waals surface area contributed by atoms with Crippen LogP contribution in [-0.4, -0.2) is 11.6 Å². The molecule has 0 amide bonds. The van der Waals surface area contributed by atoms with E-state index < -0.39 is 5.79 Å². The minimum atomic E-state index is -0.884. The van der Waals surface area contributed by atoms with Crippen LogP contribution in [0.5, 0.6) is 0 Å². The normalized spacial score (nSPS) is 36.9. The number of carbonyl (C=O) groups is 1. The van der Waals surface area contributed by atoms with E-state index in [4.69, 9.17) is 9.78 Å². The van der Waals surface area contributed by atoms with Gasteiger partial charge in [-0.15, -0.1) is 0 Å². The van der Waals surface area contributed by atoms with Crippen LogP contribution in [0.2, 0.25) is 0 Å². The zero-order chi connectivity index (χ0) is 8.98. The molecular formula is C9H14O3. The Morgan fingerprint density at radius 2 is 2.00 bits per heavy atom. The summed E-state index contributed by atoms with van der Waals surface area (Å²) in [6, 6.07) is 0. The first-order valence-corrected chi connectivity index (χ1v) is 4.41. The molecule has 1 aliphatic carbocycles. The van der Waals surface area contributed by atoms with Crippen molar-refractivity contribution in [1.29, 1.82) is 0 Å². The fourth-order valence-corrected chi connectivity index (χ4v) is 1.91. The van der Waals surface area contributed by atoms with Crippen LogP contribution in [-0.2, 0) is 14.6 Å². The van der Waals surface area contributed by atoms with Gasteiger partial charge in [-0.2, -0.15) is 9.78 Å². The minimum absolute atomic E-state index is 0.102. The molecule has 1 aliphatic heterocycles. The molecule has 1 atom stereocenters. The van der Waals surface area contributed by atoms with Crippen LogP contribution < -0.4 is 0 Å². The van der Waals surface area contributed by atoms with E-state index in [2.05, 4.69) is 6.92 Å². The van der Waals surface area contributed by atoms with Gasteiger partial charge in [0.1, 0.15) is 0 Å². The number of rotatable bonds is 0. The number of hydrogen-bond donors (Lipinski definition) is 0. The van der Waals surface area contributed by atoms with E-state index in [-0.39, 0.29) is 11.2 Å². The average molecular weight is 170 g/mol. The van der Waals surface area contributed by atoms with Crippen molar-refractivity contribution in [1.82, 2.24) is 0 Å². The molecule has 1 unspecified atom stereocenters. The molecule has 0 radical (unpaired) electrons. The molecule has 68 valence electrons. The second kappa shape index (κ2) is 2.09. The van der Waals surface area contributed by atoms with Crippen molar-refractivity contribution in [3.63, 3.8) is 0 Å². The van der Waals surface area contributed by atoms with Crippen LogP contribution in [0.3, 0.4) is 0 Å². The van der Waals surface area contributed by atoms with E-state index in [9.17, 15) is 4.79 Å². The van der Waals surface area contributed by atoms with Crippen LogP contribution in [0.4, 0.5) is 0 Å². The maximum atomic E-state index is 11.5. The van der Waals surface area contributed by atoms with Crippen LogP contribution in [0.15, 0.2) is 0 Å². The Bertz CT molecular complexity index is 228. The molecule has 0 aromatic rings. The lowest BCUT2D eigenvalue weighted by atomic mass is 9.66. The topological polar surface area (TPSA) is 42.1 Å². The molecule has 3 nitrogen and oxygen atoms in total. The summed E-state index contributed by atoms with van der Waals surface area (Å²) in [6.45, 7) is 6.20. The summed E-state index contributed by atoms with van der Waals surface area (Å²) in [5.74, 6) is -0.312. The third kappa shape index (κ3) is 0.756. The van der Waals surface area contributed by atoms with E-state index in [0.29, 0.717) is 12.3 Å². The van der Waals surface area contributed by atoms with Gasteiger partial charge in [-0.1, -0.05) is 20.8 Å². The van der Waals surface area contributed by atoms with Gasteiger partial charge >= 0.3 is 0 Å². The summed E-state index contributed by atoms with van der Waals surface area (Å²) in [6.07, 6.45) is 1.53. The maximum Gasteiger partial charge on any atom is 0.296 e. The first kappa shape index (κ1) is 8.20. The predicted octanol–water partition coefficient (Wildman–Crippen LogP) is 1.67. The molecule has 0 N–H and O–H groups in total. The number of ketones is 1. The van der Waals surface area contributed by atoms with Crippen LogP contribution >= 0.6 is 0 Å². The number of carbonyl (C=O) groups excluding carboxylic acids is 1. The third-order valence-electron chi connectivity index (χ3n) is 3.50. The third-order valence-corrected chi connectivity index (χ3v) is 3.50. The highest BCUT2D eigenvalue weighted by Crippen LogP contribution is 2.55. The zero-order valence-electron chi connectivity index (χ0n) is 7.72. The van der Waals surface area contributed by atoms with Crippen molar-refractivity contribution in [2.75, 3.05) is 0 Å². The lowest BCUT2D eigenvalue weighted by Gasteiger charge is -2.37. The Labute approximate surface area is 72.0 Å². The molecule has 0 aromatic carbocycles. The van der Waals surface area contributed by atoms with Gasteiger partial charge in [0.2, 0.25) is 0 Å². The molecule has 3 heteroatoms. The average Bonchev–Trinajstić information content (AvgIpc) is 2.76. The van der Waals surface area contributed by atoms with Gasteiger partial charge in [-0.05, 0) is 12.3 Å². The highest BCUT2D eigenvalue weighted by atomic mass is 17.4. The summed E-state index contributed by atoms with van der Waals surface area (Å²) < 4.78 is 0. The van der Waals surface area contributed by atoms with Gasteiger partial charge < -0.3 is 0 Å². The summed E-state index contributed by atoms with van der Waals surface area (Å²) in [5.41, 5.74) is -0.178. The van der Waals surface area contributed by atoms with Crippen LogP contribution in [0.1, 0.15) is 33.6 Å². The van der Waals surface area contributed by atoms with E-state index >= 15 is 0 Å². The van der Waals surface area contributed by atoms with Crippen molar-refractivity contribution >= 4 is 5.78 Å². The molecule has 1 heterocycles. The highest BCUT2D eigenvalue weighted by Gasteiger charge is 2.69. The second-order valence-electron chi connectivity index (χ2n) is 4.37. The number of hydrogen-bond acceptors (Lipinski definition) is 3. The molecule has 2 fully saturated rings. The van der Waals surface area contributed by atoms with Crippen molar-refractivity contribution in [3.05, 3.63) is 0 Å². The Kier molecular flexibility index (Phi) is 1.43. The second-order valence-corrected chi connectivity index (χ2v) is 4.37. The van der Waals surface area contributed by atoms with E-state index in [1.54, 1.807) is 0 Å². The van der Waals surface area contributed by atoms with E-state index in [1.807, 2.05) is 13.8 Å². The Hall–Kier alpha value is -0.410. The molecule has 12 heavy (non-hydrogen) atoms. The first-order valence-electron chi connectivity index (χ1n) is 4.41. The smallest absolute Gasteiger partial charge is 0.293 e. The Morgan fingerprint density at radius 3 is 2.42 bits per heavy atom. The fraction of sp³-hybridized carbons (Fsp3) is 0.889. The molecule has 1 saturated heterocycles. The number of Topliss-reactive ketones (excluding diaryl/α,β-unsaturated/α-hetero) is 1. The van der Waals surface area contributed by atoms with Gasteiger partial charge in [0.15, 0.2) is 5.78 Å². The van der Waals surface area contributed by atoms with Gasteiger partial charge in [0.25, 0.3) is 5.79 Å². The molecule has 1 saturated carbocycles. The van der Waals surface area contributed by atoms with Gasteiger partial charge in [0.05, 0.1) is 0 Å². The lowest BCUT2D eigenvalue weighted by Crippen LogP contribution is -2.48. The van der Waals surface area contributed by atoms with Crippen molar-refractivity contribution in [3.8, 4) is 0 Å². The summed E-state index contributed by atoms with van der Waals surface area (Å²) >= 11 is 0. The van der Waals surface area contributed by atoms with Gasteiger partial charge in [-0.25, -0.2) is 0 Å². The van der Waals surface area contributed by atoms with E-state index in [0.717, 1.165) is 6.42 Å². The van der Waals surface area contributed by atoms with E-state index in [1.165, 1.54) is 0 Å². The summed E-state index contributed by atoms with van der Waals surface area (Å²) in [4.78, 5) is 21.3. The summed E-state index contributed by atoms with van der Waals surface area (Å²) in [5, 5.41) is 0. The first-order chi connectivity index (χ1) is 5.51. The van der Waals surface area contributed by atoms with Crippen LogP contribution in [0.25, 0.3) is 0 Å². The van der Waals surface area contributed by atoms with Gasteiger partial charge in [-0.3, -0.25) is 4.79 Å². The quantitative estimate of drug-likeness (QED) is 0.410. The standard InChI is InChI=1S/C9H14O3/c1-6-4-5-7(10)9(11-12-9)8(6,2)3/h6H,4-5H2,1-3H3. The molecule has 0 bridgehead atoms. The minimum Gasteiger partial charge on any atom is -0.293 e. The van der Waals surface area contributed by atoms with Crippen molar-refractivity contribution < 1.29 is 14.6 Å². The Balaban J connectivity index is 2.33. The SMILES string of the molecule is CC1CCC(=O)C2(OO2)C1(C)C. The molecule has 1 spiro atoms. The predicted molar refractivity (Wildman–Crippen MR) is 42.1 cm³/mol. The van der Waals surface area contributed by atoms with Gasteiger partial charge in [0, 0.05) is 11.8 Å². The summed E-state index contributed by atoms with van der Waals surface area (Å²) in [7, 11) is 0. The Morgan fingerprint density at radius 1 is 1.42 bits per heavy atom. The zero-order valence-corrected chi connectivity index (χ0v) is 7.72. The molecule has 2 aliphatic rings. The molecule has 0 aromatic heterocycles.